The Hall–Kier alpha value is -5.20. The minimum absolute atomic E-state index is 0.0230. The fraction of sp³-hybridized carbons (Fsp3) is 0.325. The van der Waals surface area contributed by atoms with Gasteiger partial charge in [-0.3, -0.25) is 9.78 Å². The quantitative estimate of drug-likeness (QED) is 0.131. The third-order valence-electron chi connectivity index (χ3n) is 9.30. The van der Waals surface area contributed by atoms with Crippen LogP contribution >= 0.6 is 0 Å². The summed E-state index contributed by atoms with van der Waals surface area (Å²) in [5.74, 6) is 2.04. The number of nitrogens with zero attached hydrogens (tertiary/aromatic N) is 4. The Kier molecular flexibility index (Phi) is 11.3. The summed E-state index contributed by atoms with van der Waals surface area (Å²) in [5.41, 5.74) is 3.66. The van der Waals surface area contributed by atoms with Gasteiger partial charge in [-0.05, 0) is 90.7 Å². The van der Waals surface area contributed by atoms with Crippen LogP contribution in [-0.4, -0.2) is 67.5 Å². The van der Waals surface area contributed by atoms with Gasteiger partial charge in [-0.15, -0.1) is 0 Å². The monoisotopic (exact) mass is 714 g/mol. The molecule has 0 spiro atoms. The number of hydrogen-bond acceptors (Lipinski definition) is 8. The molecule has 3 heterocycles. The zero-order valence-corrected chi connectivity index (χ0v) is 29.5. The Morgan fingerprint density at radius 2 is 1.52 bits per heavy atom. The van der Waals surface area contributed by atoms with Crippen LogP contribution in [0.25, 0.3) is 10.9 Å². The van der Waals surface area contributed by atoms with Crippen molar-refractivity contribution >= 4 is 22.6 Å². The van der Waals surface area contributed by atoms with Gasteiger partial charge in [0.2, 0.25) is 0 Å². The van der Waals surface area contributed by atoms with Gasteiger partial charge in [0.05, 0.1) is 56.3 Å². The second-order valence-electron chi connectivity index (χ2n) is 12.8. The molecule has 5 aromatic rings. The molecule has 12 heteroatoms. The van der Waals surface area contributed by atoms with Crippen LogP contribution in [0.1, 0.15) is 44.7 Å². The number of carbonyl (C=O) groups is 1. The maximum atomic E-state index is 14.3. The highest BCUT2D eigenvalue weighted by molar-refractivity contribution is 5.98. The predicted molar refractivity (Wildman–Crippen MR) is 191 cm³/mol. The van der Waals surface area contributed by atoms with Gasteiger partial charge >= 0.3 is 6.18 Å². The van der Waals surface area contributed by atoms with E-state index in [-0.39, 0.29) is 25.2 Å². The van der Waals surface area contributed by atoms with Crippen molar-refractivity contribution in [3.8, 4) is 11.5 Å². The molecule has 2 aromatic heterocycles. The van der Waals surface area contributed by atoms with Gasteiger partial charge in [0.1, 0.15) is 17.3 Å². The molecule has 0 bridgehead atoms. The first-order valence-corrected chi connectivity index (χ1v) is 16.9. The number of aromatic nitrogens is 2. The van der Waals surface area contributed by atoms with Gasteiger partial charge in [-0.2, -0.15) is 13.2 Å². The molecule has 1 amide bonds. The standard InChI is InChI=1S/C40H41F3N4O5/c1-26-19-30-20-29(39(48)47(36-25-52-18-17-37(36)51-4)24-32-11-10-31(21-44-32)40(41,42)43)9-16-35(30)45-38(26)46(22-27-5-12-33(49-2)13-6-27)23-28-7-14-34(50-3)15-8-28/h5-16,19-21,36-37H,17-18,22-25H2,1-4H3/t36-,37-/m1/s1. The molecule has 9 nitrogen and oxygen atoms in total. The van der Waals surface area contributed by atoms with Crippen molar-refractivity contribution in [2.45, 2.75) is 51.3 Å². The summed E-state index contributed by atoms with van der Waals surface area (Å²) in [5, 5.41) is 0.775. The number of pyridine rings is 2. The average molecular weight is 715 g/mol. The molecule has 0 radical (unpaired) electrons. The second-order valence-corrected chi connectivity index (χ2v) is 12.8. The average Bonchev–Trinajstić information content (AvgIpc) is 3.16. The molecule has 1 saturated heterocycles. The van der Waals surface area contributed by atoms with Crippen LogP contribution in [0.5, 0.6) is 11.5 Å². The Labute approximate surface area is 300 Å². The van der Waals surface area contributed by atoms with E-state index in [1.54, 1.807) is 38.4 Å². The number of halogens is 3. The second kappa shape index (κ2) is 16.0. The number of fused-ring (bicyclic) bond motifs is 1. The van der Waals surface area contributed by atoms with E-state index < -0.39 is 17.8 Å². The Balaban J connectivity index is 1.32. The summed E-state index contributed by atoms with van der Waals surface area (Å²) in [4.78, 5) is 27.2. The maximum absolute atomic E-state index is 14.3. The minimum Gasteiger partial charge on any atom is -0.497 e. The Morgan fingerprint density at radius 3 is 2.08 bits per heavy atom. The third kappa shape index (κ3) is 8.46. The van der Waals surface area contributed by atoms with E-state index in [0.29, 0.717) is 42.9 Å². The number of ether oxygens (including phenoxy) is 4. The highest BCUT2D eigenvalue weighted by atomic mass is 19.4. The lowest BCUT2D eigenvalue weighted by Crippen LogP contribution is -2.52. The van der Waals surface area contributed by atoms with Gasteiger partial charge in [0, 0.05) is 44.0 Å². The van der Waals surface area contributed by atoms with Crippen molar-refractivity contribution in [2.75, 3.05) is 39.4 Å². The van der Waals surface area contributed by atoms with E-state index in [1.165, 1.54) is 6.07 Å². The summed E-state index contributed by atoms with van der Waals surface area (Å²) in [6, 6.07) is 25.1. The molecule has 0 N–H and O–H groups in total. The molecular formula is C40H41F3N4O5. The summed E-state index contributed by atoms with van der Waals surface area (Å²) in [7, 11) is 4.86. The summed E-state index contributed by atoms with van der Waals surface area (Å²) < 4.78 is 61.9. The van der Waals surface area contributed by atoms with Gasteiger partial charge in [-0.25, -0.2) is 4.98 Å². The number of methoxy groups -OCH3 is 3. The predicted octanol–water partition coefficient (Wildman–Crippen LogP) is 7.63. The fourth-order valence-electron chi connectivity index (χ4n) is 6.47. The van der Waals surface area contributed by atoms with Crippen molar-refractivity contribution in [3.63, 3.8) is 0 Å². The van der Waals surface area contributed by atoms with Gasteiger partial charge in [0.25, 0.3) is 5.91 Å². The van der Waals surface area contributed by atoms with Gasteiger partial charge in [-0.1, -0.05) is 24.3 Å². The molecule has 272 valence electrons. The third-order valence-corrected chi connectivity index (χ3v) is 9.30. The summed E-state index contributed by atoms with van der Waals surface area (Å²) in [6.45, 7) is 3.85. The van der Waals surface area contributed by atoms with Crippen molar-refractivity contribution < 1.29 is 36.9 Å². The maximum Gasteiger partial charge on any atom is 0.417 e. The highest BCUT2D eigenvalue weighted by Crippen LogP contribution is 2.31. The number of rotatable bonds is 12. The van der Waals surface area contributed by atoms with Crippen molar-refractivity contribution in [1.82, 2.24) is 14.9 Å². The molecular weight excluding hydrogens is 673 g/mol. The number of alkyl halides is 3. The van der Waals surface area contributed by atoms with Crippen molar-refractivity contribution in [3.05, 3.63) is 125 Å². The number of anilines is 1. The number of amides is 1. The smallest absolute Gasteiger partial charge is 0.417 e. The van der Waals surface area contributed by atoms with E-state index in [4.69, 9.17) is 23.9 Å². The van der Waals surface area contributed by atoms with Crippen LogP contribution in [0.2, 0.25) is 0 Å². The SMILES string of the molecule is COc1ccc(CN(Cc2ccc(OC)cc2)c2nc3ccc(C(=O)N(Cc4ccc(C(F)(F)F)cn4)[C@@H]4COCC[C@H]4OC)cc3cc2C)cc1. The lowest BCUT2D eigenvalue weighted by Gasteiger charge is -2.39. The molecule has 52 heavy (non-hydrogen) atoms. The molecule has 2 atom stereocenters. The van der Waals surface area contributed by atoms with E-state index in [1.807, 2.05) is 67.6 Å². The normalized spacial score (nSPS) is 16.1. The minimum atomic E-state index is -4.51. The molecule has 6 rings (SSSR count). The van der Waals surface area contributed by atoms with Crippen LogP contribution in [-0.2, 0) is 35.3 Å². The topological polar surface area (TPSA) is 86.3 Å². The summed E-state index contributed by atoms with van der Waals surface area (Å²) in [6.07, 6.45) is -3.48. The first kappa shape index (κ1) is 36.6. The van der Waals surface area contributed by atoms with Gasteiger partial charge in [0.15, 0.2) is 0 Å². The van der Waals surface area contributed by atoms with Crippen LogP contribution < -0.4 is 14.4 Å². The van der Waals surface area contributed by atoms with Crippen LogP contribution in [0.15, 0.2) is 91.1 Å². The van der Waals surface area contributed by atoms with Crippen LogP contribution in [0.3, 0.4) is 0 Å². The first-order chi connectivity index (χ1) is 25.1. The molecule has 1 aliphatic heterocycles. The largest absolute Gasteiger partial charge is 0.497 e. The zero-order chi connectivity index (χ0) is 36.8. The lowest BCUT2D eigenvalue weighted by atomic mass is 10.0. The lowest BCUT2D eigenvalue weighted by molar-refractivity contribution is -0.137. The molecule has 1 aliphatic rings. The van der Waals surface area contributed by atoms with Crippen molar-refractivity contribution in [1.29, 1.82) is 0 Å². The number of aryl methyl sites for hydroxylation is 1. The van der Waals surface area contributed by atoms with Crippen LogP contribution in [0.4, 0.5) is 19.0 Å². The molecule has 1 fully saturated rings. The molecule has 0 unspecified atom stereocenters. The fourth-order valence-corrected chi connectivity index (χ4v) is 6.47. The number of benzene rings is 3. The molecule has 0 saturated carbocycles. The Bertz CT molecular complexity index is 1920. The molecule has 0 aliphatic carbocycles. The van der Waals surface area contributed by atoms with E-state index >= 15 is 0 Å². The van der Waals surface area contributed by atoms with Crippen LogP contribution in [0, 0.1) is 6.92 Å². The first-order valence-electron chi connectivity index (χ1n) is 16.9. The number of carbonyl (C=O) groups excluding carboxylic acids is 1. The van der Waals surface area contributed by atoms with Gasteiger partial charge < -0.3 is 28.7 Å². The summed E-state index contributed by atoms with van der Waals surface area (Å²) >= 11 is 0. The highest BCUT2D eigenvalue weighted by Gasteiger charge is 2.35. The molecule has 3 aromatic carbocycles. The number of hydrogen-bond donors (Lipinski definition) is 0. The van der Waals surface area contributed by atoms with E-state index in [2.05, 4.69) is 9.88 Å². The van der Waals surface area contributed by atoms with E-state index in [0.717, 1.165) is 51.7 Å². The van der Waals surface area contributed by atoms with Crippen molar-refractivity contribution in [2.24, 2.45) is 0 Å². The zero-order valence-electron chi connectivity index (χ0n) is 29.5. The van der Waals surface area contributed by atoms with E-state index in [9.17, 15) is 18.0 Å². The Morgan fingerprint density at radius 1 is 0.865 bits per heavy atom.